The van der Waals surface area contributed by atoms with Crippen molar-refractivity contribution in [1.29, 1.82) is 0 Å². The van der Waals surface area contributed by atoms with Crippen LogP contribution in [-0.4, -0.2) is 4.98 Å². The third kappa shape index (κ3) is 5.29. The molecule has 1 heterocycles. The Morgan fingerprint density at radius 3 is 2.00 bits per heavy atom. The standard InChI is InChI=1S/C25H29N/c1-2-3-4-5-6-8-11-21-14-16-23(17-15-21)25-19-18-24(20-26-25)22-12-9-7-10-13-22/h7,9-10,12-20H,2-6,8,11H2,1H3. The largest absolute Gasteiger partial charge is 0.256 e. The Hall–Kier alpha value is -2.41. The lowest BCUT2D eigenvalue weighted by molar-refractivity contribution is 0.607. The molecule has 0 aliphatic heterocycles. The van der Waals surface area contributed by atoms with E-state index in [4.69, 9.17) is 0 Å². The van der Waals surface area contributed by atoms with E-state index < -0.39 is 0 Å². The van der Waals surface area contributed by atoms with Crippen molar-refractivity contribution in [1.82, 2.24) is 4.98 Å². The van der Waals surface area contributed by atoms with E-state index in [9.17, 15) is 0 Å². The Balaban J connectivity index is 1.55. The van der Waals surface area contributed by atoms with Gasteiger partial charge in [0, 0.05) is 17.3 Å². The highest BCUT2D eigenvalue weighted by Gasteiger charge is 2.02. The van der Waals surface area contributed by atoms with Crippen molar-refractivity contribution in [3.63, 3.8) is 0 Å². The molecule has 0 bridgehead atoms. The highest BCUT2D eigenvalue weighted by Crippen LogP contribution is 2.23. The maximum atomic E-state index is 4.66. The van der Waals surface area contributed by atoms with Gasteiger partial charge in [0.1, 0.15) is 0 Å². The topological polar surface area (TPSA) is 12.9 Å². The minimum absolute atomic E-state index is 1.04. The maximum Gasteiger partial charge on any atom is 0.0702 e. The summed E-state index contributed by atoms with van der Waals surface area (Å²) in [6.45, 7) is 2.27. The number of benzene rings is 2. The Labute approximate surface area is 158 Å². The van der Waals surface area contributed by atoms with Crippen molar-refractivity contribution in [2.24, 2.45) is 0 Å². The third-order valence-electron chi connectivity index (χ3n) is 4.94. The van der Waals surface area contributed by atoms with Crippen LogP contribution in [-0.2, 0) is 6.42 Å². The van der Waals surface area contributed by atoms with Gasteiger partial charge in [-0.3, -0.25) is 4.98 Å². The monoisotopic (exact) mass is 343 g/mol. The molecule has 0 atom stereocenters. The van der Waals surface area contributed by atoms with Crippen molar-refractivity contribution >= 4 is 0 Å². The molecule has 26 heavy (non-hydrogen) atoms. The molecule has 0 amide bonds. The Bertz CT molecular complexity index is 758. The van der Waals surface area contributed by atoms with E-state index in [1.165, 1.54) is 61.6 Å². The second-order valence-electron chi connectivity index (χ2n) is 7.01. The van der Waals surface area contributed by atoms with Crippen LogP contribution in [0.5, 0.6) is 0 Å². The molecular weight excluding hydrogens is 314 g/mol. The summed E-state index contributed by atoms with van der Waals surface area (Å²) in [5, 5.41) is 0. The zero-order valence-corrected chi connectivity index (χ0v) is 15.8. The van der Waals surface area contributed by atoms with E-state index >= 15 is 0 Å². The van der Waals surface area contributed by atoms with Crippen LogP contribution in [0.2, 0.25) is 0 Å². The quantitative estimate of drug-likeness (QED) is 0.371. The van der Waals surface area contributed by atoms with E-state index in [-0.39, 0.29) is 0 Å². The number of nitrogens with zero attached hydrogens (tertiary/aromatic N) is 1. The summed E-state index contributed by atoms with van der Waals surface area (Å²) < 4.78 is 0. The smallest absolute Gasteiger partial charge is 0.0702 e. The molecule has 3 aromatic rings. The molecule has 0 fully saturated rings. The molecular formula is C25H29N. The van der Waals surface area contributed by atoms with Gasteiger partial charge >= 0.3 is 0 Å². The van der Waals surface area contributed by atoms with Gasteiger partial charge in [-0.1, -0.05) is 99.7 Å². The SMILES string of the molecule is CCCCCCCCc1ccc(-c2ccc(-c3ccccc3)cn2)cc1. The molecule has 0 saturated heterocycles. The molecule has 0 spiro atoms. The number of hydrogen-bond donors (Lipinski definition) is 0. The molecule has 0 aliphatic carbocycles. The van der Waals surface area contributed by atoms with Crippen molar-refractivity contribution in [3.05, 3.63) is 78.5 Å². The first-order valence-corrected chi connectivity index (χ1v) is 9.97. The molecule has 0 saturated carbocycles. The van der Waals surface area contributed by atoms with E-state index in [0.717, 1.165) is 11.3 Å². The highest BCUT2D eigenvalue weighted by molar-refractivity contribution is 5.66. The molecule has 2 aromatic carbocycles. The van der Waals surface area contributed by atoms with E-state index in [1.807, 2.05) is 12.3 Å². The Kier molecular flexibility index (Phi) is 7.01. The number of rotatable bonds is 9. The van der Waals surface area contributed by atoms with Gasteiger partial charge in [0.05, 0.1) is 5.69 Å². The van der Waals surface area contributed by atoms with E-state index in [2.05, 4.69) is 72.6 Å². The molecule has 0 unspecified atom stereocenters. The average Bonchev–Trinajstić information content (AvgIpc) is 2.72. The fraction of sp³-hybridized carbons (Fsp3) is 0.320. The lowest BCUT2D eigenvalue weighted by Crippen LogP contribution is -1.88. The average molecular weight is 344 g/mol. The summed E-state index contributed by atoms with van der Waals surface area (Å²) in [6.07, 6.45) is 11.3. The first-order chi connectivity index (χ1) is 12.9. The minimum Gasteiger partial charge on any atom is -0.256 e. The molecule has 134 valence electrons. The van der Waals surface area contributed by atoms with Crippen LogP contribution in [0.3, 0.4) is 0 Å². The van der Waals surface area contributed by atoms with E-state index in [1.54, 1.807) is 0 Å². The van der Waals surface area contributed by atoms with Crippen LogP contribution in [0.1, 0.15) is 51.0 Å². The summed E-state index contributed by atoms with van der Waals surface area (Å²) in [5.41, 5.74) is 6.03. The van der Waals surface area contributed by atoms with Gasteiger partial charge < -0.3 is 0 Å². The number of aromatic nitrogens is 1. The third-order valence-corrected chi connectivity index (χ3v) is 4.94. The first-order valence-electron chi connectivity index (χ1n) is 9.97. The van der Waals surface area contributed by atoms with Gasteiger partial charge in [-0.05, 0) is 30.0 Å². The van der Waals surface area contributed by atoms with Crippen LogP contribution in [0, 0.1) is 0 Å². The van der Waals surface area contributed by atoms with Crippen molar-refractivity contribution < 1.29 is 0 Å². The summed E-state index contributed by atoms with van der Waals surface area (Å²) in [4.78, 5) is 4.66. The molecule has 0 N–H and O–H groups in total. The van der Waals surface area contributed by atoms with Crippen LogP contribution in [0.15, 0.2) is 72.9 Å². The number of aryl methyl sites for hydroxylation is 1. The molecule has 1 aromatic heterocycles. The summed E-state index contributed by atoms with van der Waals surface area (Å²) in [5.74, 6) is 0. The van der Waals surface area contributed by atoms with Crippen molar-refractivity contribution in [2.75, 3.05) is 0 Å². The van der Waals surface area contributed by atoms with Gasteiger partial charge in [0.15, 0.2) is 0 Å². The van der Waals surface area contributed by atoms with Gasteiger partial charge in [0.25, 0.3) is 0 Å². The fourth-order valence-electron chi connectivity index (χ4n) is 3.32. The van der Waals surface area contributed by atoms with Crippen molar-refractivity contribution in [3.8, 4) is 22.4 Å². The zero-order chi connectivity index (χ0) is 18.0. The number of hydrogen-bond acceptors (Lipinski definition) is 1. The molecule has 3 rings (SSSR count). The normalized spacial score (nSPS) is 10.8. The van der Waals surface area contributed by atoms with Gasteiger partial charge in [-0.2, -0.15) is 0 Å². The van der Waals surface area contributed by atoms with Gasteiger partial charge in [0.2, 0.25) is 0 Å². The summed E-state index contributed by atoms with van der Waals surface area (Å²) in [6, 6.07) is 23.6. The highest BCUT2D eigenvalue weighted by atomic mass is 14.7. The second kappa shape index (κ2) is 9.91. The predicted molar refractivity (Wildman–Crippen MR) is 112 cm³/mol. The Morgan fingerprint density at radius 2 is 1.31 bits per heavy atom. The Morgan fingerprint density at radius 1 is 0.615 bits per heavy atom. The number of pyridine rings is 1. The van der Waals surface area contributed by atoms with Gasteiger partial charge in [-0.15, -0.1) is 0 Å². The predicted octanol–water partition coefficient (Wildman–Crippen LogP) is 7.32. The summed E-state index contributed by atoms with van der Waals surface area (Å²) >= 11 is 0. The van der Waals surface area contributed by atoms with Gasteiger partial charge in [-0.25, -0.2) is 0 Å². The van der Waals surface area contributed by atoms with E-state index in [0.29, 0.717) is 0 Å². The fourth-order valence-corrected chi connectivity index (χ4v) is 3.32. The lowest BCUT2D eigenvalue weighted by atomic mass is 10.0. The van der Waals surface area contributed by atoms with Crippen LogP contribution in [0.4, 0.5) is 0 Å². The molecule has 0 aliphatic rings. The maximum absolute atomic E-state index is 4.66. The number of unbranched alkanes of at least 4 members (excludes halogenated alkanes) is 5. The first kappa shape index (κ1) is 18.4. The zero-order valence-electron chi connectivity index (χ0n) is 15.8. The van der Waals surface area contributed by atoms with Crippen LogP contribution >= 0.6 is 0 Å². The lowest BCUT2D eigenvalue weighted by Gasteiger charge is -2.06. The minimum atomic E-state index is 1.04. The molecule has 0 radical (unpaired) electrons. The van der Waals surface area contributed by atoms with Crippen LogP contribution < -0.4 is 0 Å². The molecule has 1 nitrogen and oxygen atoms in total. The summed E-state index contributed by atoms with van der Waals surface area (Å²) in [7, 11) is 0. The molecule has 1 heteroatoms. The van der Waals surface area contributed by atoms with Crippen LogP contribution in [0.25, 0.3) is 22.4 Å². The van der Waals surface area contributed by atoms with Crippen molar-refractivity contribution in [2.45, 2.75) is 51.9 Å². The second-order valence-corrected chi connectivity index (χ2v) is 7.01.